The van der Waals surface area contributed by atoms with Crippen LogP contribution in [-0.4, -0.2) is 56.3 Å². The van der Waals surface area contributed by atoms with E-state index in [1.54, 1.807) is 17.0 Å². The number of sulfonamides is 1. The average molecular weight is 431 g/mol. The zero-order chi connectivity index (χ0) is 21.7. The average Bonchev–Trinajstić information content (AvgIpc) is 2.74. The van der Waals surface area contributed by atoms with E-state index >= 15 is 0 Å². The number of nitrogens with one attached hydrogen (secondary N) is 1. The molecular formula is C21H23FN4O3S. The molecule has 1 aliphatic rings. The molecule has 3 rings (SSSR count). The molecule has 2 aromatic carbocycles. The smallest absolute Gasteiger partial charge is 0.244 e. The molecule has 0 bridgehead atoms. The number of carbonyl (C=O) groups is 1. The van der Waals surface area contributed by atoms with Gasteiger partial charge in [-0.15, -0.1) is 0 Å². The molecule has 2 aromatic rings. The first-order chi connectivity index (χ1) is 14.3. The van der Waals surface area contributed by atoms with Crippen LogP contribution in [0.3, 0.4) is 0 Å². The van der Waals surface area contributed by atoms with Gasteiger partial charge in [-0.2, -0.15) is 9.98 Å². The van der Waals surface area contributed by atoms with Crippen molar-refractivity contribution in [3.8, 4) is 6.07 Å². The van der Waals surface area contributed by atoms with E-state index in [1.807, 2.05) is 12.1 Å². The molecule has 1 N–H and O–H groups in total. The Morgan fingerprint density at radius 2 is 1.77 bits per heavy atom. The molecule has 0 aromatic heterocycles. The second-order valence-electron chi connectivity index (χ2n) is 7.18. The number of nitrogens with zero attached hydrogens (tertiary/aromatic N) is 3. The van der Waals surface area contributed by atoms with Crippen molar-refractivity contribution in [2.24, 2.45) is 0 Å². The summed E-state index contributed by atoms with van der Waals surface area (Å²) in [5.41, 5.74) is 1.70. The molecule has 0 saturated carbocycles. The van der Waals surface area contributed by atoms with Crippen LogP contribution in [0, 0.1) is 17.1 Å². The summed E-state index contributed by atoms with van der Waals surface area (Å²) in [5.74, 6) is -1.20. The normalized spacial score (nSPS) is 16.1. The van der Waals surface area contributed by atoms with E-state index in [-0.39, 0.29) is 5.91 Å². The lowest BCUT2D eigenvalue weighted by Gasteiger charge is -2.36. The second kappa shape index (κ2) is 9.34. The first-order valence-corrected chi connectivity index (χ1v) is 11.1. The minimum Gasteiger partial charge on any atom is -0.339 e. The van der Waals surface area contributed by atoms with Gasteiger partial charge in [0.1, 0.15) is 10.7 Å². The van der Waals surface area contributed by atoms with Gasteiger partial charge in [-0.1, -0.05) is 24.3 Å². The fourth-order valence-electron chi connectivity index (χ4n) is 3.35. The number of benzene rings is 2. The van der Waals surface area contributed by atoms with Crippen LogP contribution in [0.4, 0.5) is 4.39 Å². The standard InChI is InChI=1S/C21H23FN4O3S/c1-16(24-30(28,29)20-5-3-2-4-19(20)22)21(27)26-12-10-25(11-13-26)15-18-8-6-17(14-23)7-9-18/h2-9,16,24H,10-13,15H2,1H3. The molecular weight excluding hydrogens is 407 g/mol. The maximum absolute atomic E-state index is 13.8. The van der Waals surface area contributed by atoms with Crippen LogP contribution in [0.1, 0.15) is 18.1 Å². The number of hydrogen-bond acceptors (Lipinski definition) is 5. The van der Waals surface area contributed by atoms with Gasteiger partial charge in [-0.3, -0.25) is 9.69 Å². The van der Waals surface area contributed by atoms with Gasteiger partial charge in [0, 0.05) is 32.7 Å². The van der Waals surface area contributed by atoms with Crippen molar-refractivity contribution in [1.82, 2.24) is 14.5 Å². The highest BCUT2D eigenvalue weighted by molar-refractivity contribution is 7.89. The first-order valence-electron chi connectivity index (χ1n) is 9.57. The number of rotatable bonds is 6. The van der Waals surface area contributed by atoms with Crippen molar-refractivity contribution >= 4 is 15.9 Å². The molecule has 30 heavy (non-hydrogen) atoms. The molecule has 1 fully saturated rings. The Bertz CT molecular complexity index is 1040. The highest BCUT2D eigenvalue weighted by Crippen LogP contribution is 2.15. The molecule has 0 spiro atoms. The van der Waals surface area contributed by atoms with Gasteiger partial charge in [0.05, 0.1) is 17.7 Å². The highest BCUT2D eigenvalue weighted by atomic mass is 32.2. The zero-order valence-electron chi connectivity index (χ0n) is 16.6. The van der Waals surface area contributed by atoms with E-state index in [1.165, 1.54) is 19.1 Å². The predicted molar refractivity (Wildman–Crippen MR) is 109 cm³/mol. The van der Waals surface area contributed by atoms with Crippen LogP contribution in [-0.2, 0) is 21.4 Å². The molecule has 1 atom stereocenters. The molecule has 1 saturated heterocycles. The molecule has 1 heterocycles. The van der Waals surface area contributed by atoms with Gasteiger partial charge in [0.25, 0.3) is 0 Å². The Kier molecular flexibility index (Phi) is 6.82. The quantitative estimate of drug-likeness (QED) is 0.753. The van der Waals surface area contributed by atoms with Crippen molar-refractivity contribution in [3.05, 3.63) is 65.5 Å². The van der Waals surface area contributed by atoms with Gasteiger partial charge in [0.2, 0.25) is 15.9 Å². The summed E-state index contributed by atoms with van der Waals surface area (Å²) in [6, 6.07) is 13.5. The molecule has 0 aliphatic carbocycles. The zero-order valence-corrected chi connectivity index (χ0v) is 17.4. The van der Waals surface area contributed by atoms with Crippen molar-refractivity contribution < 1.29 is 17.6 Å². The topological polar surface area (TPSA) is 93.5 Å². The van der Waals surface area contributed by atoms with E-state index in [0.717, 1.165) is 17.7 Å². The monoisotopic (exact) mass is 430 g/mol. The van der Waals surface area contributed by atoms with Crippen LogP contribution >= 0.6 is 0 Å². The van der Waals surface area contributed by atoms with Crippen molar-refractivity contribution in [1.29, 1.82) is 5.26 Å². The van der Waals surface area contributed by atoms with Crippen molar-refractivity contribution in [2.75, 3.05) is 26.2 Å². The van der Waals surface area contributed by atoms with Crippen LogP contribution in [0.25, 0.3) is 0 Å². The molecule has 0 radical (unpaired) electrons. The Hall–Kier alpha value is -2.80. The Labute approximate surface area is 175 Å². The fraction of sp³-hybridized carbons (Fsp3) is 0.333. The molecule has 1 amide bonds. The third-order valence-corrected chi connectivity index (χ3v) is 6.58. The summed E-state index contributed by atoms with van der Waals surface area (Å²) in [4.78, 5) is 16.0. The predicted octanol–water partition coefficient (Wildman–Crippen LogP) is 1.71. The van der Waals surface area contributed by atoms with Crippen LogP contribution in [0.2, 0.25) is 0 Å². The van der Waals surface area contributed by atoms with Gasteiger partial charge in [-0.25, -0.2) is 12.8 Å². The number of amides is 1. The molecule has 1 unspecified atom stereocenters. The van der Waals surface area contributed by atoms with Crippen LogP contribution in [0.5, 0.6) is 0 Å². The van der Waals surface area contributed by atoms with E-state index in [9.17, 15) is 17.6 Å². The SMILES string of the molecule is CC(NS(=O)(=O)c1ccccc1F)C(=O)N1CCN(Cc2ccc(C#N)cc2)CC1. The van der Waals surface area contributed by atoms with Crippen LogP contribution < -0.4 is 4.72 Å². The first kappa shape index (κ1) is 21.9. The number of hydrogen-bond donors (Lipinski definition) is 1. The lowest BCUT2D eigenvalue weighted by molar-refractivity contribution is -0.134. The lowest BCUT2D eigenvalue weighted by atomic mass is 10.1. The van der Waals surface area contributed by atoms with E-state index in [0.29, 0.717) is 38.3 Å². The lowest BCUT2D eigenvalue weighted by Crippen LogP contribution is -2.53. The fourth-order valence-corrected chi connectivity index (χ4v) is 4.63. The van der Waals surface area contributed by atoms with Crippen molar-refractivity contribution in [3.63, 3.8) is 0 Å². The van der Waals surface area contributed by atoms with E-state index in [4.69, 9.17) is 5.26 Å². The summed E-state index contributed by atoms with van der Waals surface area (Å²) in [5, 5.41) is 8.87. The van der Waals surface area contributed by atoms with Crippen LogP contribution in [0.15, 0.2) is 53.4 Å². The number of nitriles is 1. The molecule has 7 nitrogen and oxygen atoms in total. The van der Waals surface area contributed by atoms with Gasteiger partial charge in [-0.05, 0) is 36.8 Å². The maximum Gasteiger partial charge on any atom is 0.244 e. The Morgan fingerprint density at radius 1 is 1.13 bits per heavy atom. The summed E-state index contributed by atoms with van der Waals surface area (Å²) in [6.45, 7) is 4.42. The summed E-state index contributed by atoms with van der Waals surface area (Å²) >= 11 is 0. The molecule has 9 heteroatoms. The van der Waals surface area contributed by atoms with Gasteiger partial charge < -0.3 is 4.90 Å². The summed E-state index contributed by atoms with van der Waals surface area (Å²) in [7, 11) is -4.14. The number of piperazine rings is 1. The largest absolute Gasteiger partial charge is 0.339 e. The minimum atomic E-state index is -4.14. The molecule has 158 valence electrons. The minimum absolute atomic E-state index is 0.340. The third-order valence-electron chi connectivity index (χ3n) is 5.00. The number of carbonyl (C=O) groups excluding carboxylic acids is 1. The summed E-state index contributed by atoms with van der Waals surface area (Å²) in [6.07, 6.45) is 0. The number of halogens is 1. The third kappa shape index (κ3) is 5.21. The van der Waals surface area contributed by atoms with Crippen molar-refractivity contribution in [2.45, 2.75) is 24.4 Å². The Balaban J connectivity index is 1.54. The molecule has 1 aliphatic heterocycles. The van der Waals surface area contributed by atoms with E-state index in [2.05, 4.69) is 15.7 Å². The van der Waals surface area contributed by atoms with Gasteiger partial charge >= 0.3 is 0 Å². The summed E-state index contributed by atoms with van der Waals surface area (Å²) < 4.78 is 40.9. The van der Waals surface area contributed by atoms with Gasteiger partial charge in [0.15, 0.2) is 0 Å². The Morgan fingerprint density at radius 3 is 2.37 bits per heavy atom. The maximum atomic E-state index is 13.8. The van der Waals surface area contributed by atoms with E-state index < -0.39 is 26.8 Å². The second-order valence-corrected chi connectivity index (χ2v) is 8.87. The highest BCUT2D eigenvalue weighted by Gasteiger charge is 2.29.